The van der Waals surface area contributed by atoms with E-state index < -0.39 is 10.0 Å². The van der Waals surface area contributed by atoms with Gasteiger partial charge in [0.25, 0.3) is 10.0 Å². The standard InChI is InChI=1S/C20H21N3O2S/c1-14-5-6-15(2)19(12-14)26(24,25)22-17-9-7-16(8-10-17)18-13-21-20-4-3-11-23(18)20/h5-10,12-13,22H,3-4,11H2,1-2H3. The fraction of sp³-hybridized carbons (Fsp3) is 0.250. The van der Waals surface area contributed by atoms with Crippen molar-refractivity contribution in [2.75, 3.05) is 4.72 Å². The zero-order chi connectivity index (χ0) is 18.3. The molecule has 0 amide bonds. The molecule has 5 nitrogen and oxygen atoms in total. The number of anilines is 1. The van der Waals surface area contributed by atoms with Crippen molar-refractivity contribution in [1.82, 2.24) is 9.55 Å². The molecule has 3 aromatic rings. The first-order valence-corrected chi connectivity index (χ1v) is 10.2. The largest absolute Gasteiger partial charge is 0.328 e. The van der Waals surface area contributed by atoms with Crippen LogP contribution in [0.1, 0.15) is 23.4 Å². The Bertz CT molecular complexity index is 1070. The van der Waals surface area contributed by atoms with E-state index >= 15 is 0 Å². The van der Waals surface area contributed by atoms with Gasteiger partial charge in [-0.05, 0) is 55.2 Å². The first-order chi connectivity index (χ1) is 12.4. The molecule has 0 spiro atoms. The Morgan fingerprint density at radius 1 is 1.08 bits per heavy atom. The van der Waals surface area contributed by atoms with Crippen LogP contribution in [0.3, 0.4) is 0 Å². The highest BCUT2D eigenvalue weighted by molar-refractivity contribution is 7.92. The average Bonchev–Trinajstić information content (AvgIpc) is 3.21. The molecule has 1 N–H and O–H groups in total. The highest BCUT2D eigenvalue weighted by Crippen LogP contribution is 2.27. The minimum Gasteiger partial charge on any atom is -0.328 e. The molecule has 0 atom stereocenters. The van der Waals surface area contributed by atoms with Crippen molar-refractivity contribution in [2.45, 2.75) is 38.1 Å². The second-order valence-corrected chi connectivity index (χ2v) is 8.42. The highest BCUT2D eigenvalue weighted by atomic mass is 32.2. The van der Waals surface area contributed by atoms with Crippen LogP contribution in [-0.4, -0.2) is 18.0 Å². The van der Waals surface area contributed by atoms with E-state index in [-0.39, 0.29) is 0 Å². The third-order valence-electron chi connectivity index (χ3n) is 4.79. The molecule has 0 saturated carbocycles. The quantitative estimate of drug-likeness (QED) is 0.760. The number of sulfonamides is 1. The summed E-state index contributed by atoms with van der Waals surface area (Å²) in [5.41, 5.74) is 4.33. The Labute approximate surface area is 153 Å². The predicted molar refractivity (Wildman–Crippen MR) is 103 cm³/mol. The normalized spacial score (nSPS) is 13.6. The summed E-state index contributed by atoms with van der Waals surface area (Å²) in [6, 6.07) is 12.9. The Kier molecular flexibility index (Phi) is 4.07. The number of aryl methyl sites for hydroxylation is 3. The van der Waals surface area contributed by atoms with Crippen LogP contribution in [-0.2, 0) is 23.0 Å². The van der Waals surface area contributed by atoms with Crippen LogP contribution >= 0.6 is 0 Å². The third kappa shape index (κ3) is 3.01. The molecule has 26 heavy (non-hydrogen) atoms. The van der Waals surface area contributed by atoms with Gasteiger partial charge in [0, 0.05) is 18.7 Å². The second kappa shape index (κ2) is 6.29. The van der Waals surface area contributed by atoms with E-state index in [1.54, 1.807) is 25.1 Å². The zero-order valence-electron chi connectivity index (χ0n) is 14.9. The van der Waals surface area contributed by atoms with E-state index in [2.05, 4.69) is 14.3 Å². The summed E-state index contributed by atoms with van der Waals surface area (Å²) >= 11 is 0. The molecular formula is C20H21N3O2S. The zero-order valence-corrected chi connectivity index (χ0v) is 15.7. The van der Waals surface area contributed by atoms with Gasteiger partial charge in [-0.15, -0.1) is 0 Å². The minimum atomic E-state index is -3.61. The smallest absolute Gasteiger partial charge is 0.262 e. The van der Waals surface area contributed by atoms with Gasteiger partial charge in [-0.3, -0.25) is 4.72 Å². The van der Waals surface area contributed by atoms with Crippen LogP contribution in [0, 0.1) is 13.8 Å². The number of rotatable bonds is 4. The topological polar surface area (TPSA) is 64.0 Å². The molecule has 4 rings (SSSR count). The Hall–Kier alpha value is -2.60. The number of hydrogen-bond donors (Lipinski definition) is 1. The van der Waals surface area contributed by atoms with Crippen LogP contribution in [0.15, 0.2) is 53.6 Å². The van der Waals surface area contributed by atoms with Gasteiger partial charge in [-0.1, -0.05) is 24.3 Å². The van der Waals surface area contributed by atoms with Gasteiger partial charge in [0.15, 0.2) is 0 Å². The molecule has 2 aromatic carbocycles. The van der Waals surface area contributed by atoms with Crippen molar-refractivity contribution in [3.63, 3.8) is 0 Å². The second-order valence-electron chi connectivity index (χ2n) is 6.77. The fourth-order valence-electron chi connectivity index (χ4n) is 3.40. The van der Waals surface area contributed by atoms with Crippen LogP contribution in [0.5, 0.6) is 0 Å². The van der Waals surface area contributed by atoms with Crippen LogP contribution in [0.2, 0.25) is 0 Å². The predicted octanol–water partition coefficient (Wildman–Crippen LogP) is 3.91. The Morgan fingerprint density at radius 3 is 2.62 bits per heavy atom. The van der Waals surface area contributed by atoms with Gasteiger partial charge in [0.2, 0.25) is 0 Å². The number of fused-ring (bicyclic) bond motifs is 1. The lowest BCUT2D eigenvalue weighted by Crippen LogP contribution is -2.14. The molecule has 0 bridgehead atoms. The van der Waals surface area contributed by atoms with E-state index in [4.69, 9.17) is 0 Å². The summed E-state index contributed by atoms with van der Waals surface area (Å²) in [6.07, 6.45) is 4.04. The van der Waals surface area contributed by atoms with Gasteiger partial charge in [0.05, 0.1) is 16.8 Å². The molecule has 134 valence electrons. The van der Waals surface area contributed by atoms with Gasteiger partial charge < -0.3 is 4.57 Å². The van der Waals surface area contributed by atoms with Crippen molar-refractivity contribution in [2.24, 2.45) is 0 Å². The lowest BCUT2D eigenvalue weighted by molar-refractivity contribution is 0.600. The minimum absolute atomic E-state index is 0.315. The van der Waals surface area contributed by atoms with Gasteiger partial charge >= 0.3 is 0 Å². The van der Waals surface area contributed by atoms with E-state index in [1.165, 1.54) is 0 Å². The van der Waals surface area contributed by atoms with Crippen molar-refractivity contribution < 1.29 is 8.42 Å². The van der Waals surface area contributed by atoms with E-state index in [0.29, 0.717) is 10.6 Å². The molecule has 0 aliphatic carbocycles. The summed E-state index contributed by atoms with van der Waals surface area (Å²) in [7, 11) is -3.61. The van der Waals surface area contributed by atoms with Gasteiger partial charge in [-0.25, -0.2) is 13.4 Å². The number of hydrogen-bond acceptors (Lipinski definition) is 3. The molecule has 2 heterocycles. The SMILES string of the molecule is Cc1ccc(C)c(S(=O)(=O)Nc2ccc(-c3cnc4n3CCC4)cc2)c1. The third-order valence-corrected chi connectivity index (χ3v) is 6.31. The molecule has 0 fully saturated rings. The summed E-state index contributed by atoms with van der Waals surface area (Å²) in [5, 5.41) is 0. The highest BCUT2D eigenvalue weighted by Gasteiger charge is 2.18. The molecule has 1 aliphatic heterocycles. The monoisotopic (exact) mass is 367 g/mol. The van der Waals surface area contributed by atoms with E-state index in [0.717, 1.165) is 47.6 Å². The molecule has 6 heteroatoms. The van der Waals surface area contributed by atoms with Crippen molar-refractivity contribution in [3.05, 3.63) is 65.6 Å². The molecule has 0 unspecified atom stereocenters. The number of nitrogens with zero attached hydrogens (tertiary/aromatic N) is 2. The fourth-order valence-corrected chi connectivity index (χ4v) is 4.79. The number of benzene rings is 2. The Morgan fingerprint density at radius 2 is 1.85 bits per heavy atom. The average molecular weight is 367 g/mol. The summed E-state index contributed by atoms with van der Waals surface area (Å²) in [5.74, 6) is 1.12. The van der Waals surface area contributed by atoms with Crippen molar-refractivity contribution in [3.8, 4) is 11.3 Å². The van der Waals surface area contributed by atoms with Crippen LogP contribution in [0.4, 0.5) is 5.69 Å². The van der Waals surface area contributed by atoms with Gasteiger partial charge in [0.1, 0.15) is 5.82 Å². The lowest BCUT2D eigenvalue weighted by Gasteiger charge is -2.12. The van der Waals surface area contributed by atoms with Gasteiger partial charge in [-0.2, -0.15) is 0 Å². The first kappa shape index (κ1) is 16.8. The maximum atomic E-state index is 12.7. The Balaban J connectivity index is 1.60. The molecule has 1 aromatic heterocycles. The number of nitrogens with one attached hydrogen (secondary N) is 1. The number of imidazole rings is 1. The van der Waals surface area contributed by atoms with Crippen LogP contribution in [0.25, 0.3) is 11.3 Å². The molecule has 0 radical (unpaired) electrons. The maximum absolute atomic E-state index is 12.7. The summed E-state index contributed by atoms with van der Waals surface area (Å²) in [4.78, 5) is 4.78. The first-order valence-electron chi connectivity index (χ1n) is 8.69. The van der Waals surface area contributed by atoms with Crippen molar-refractivity contribution >= 4 is 15.7 Å². The maximum Gasteiger partial charge on any atom is 0.262 e. The van der Waals surface area contributed by atoms with E-state index in [1.807, 2.05) is 37.4 Å². The van der Waals surface area contributed by atoms with Crippen molar-refractivity contribution in [1.29, 1.82) is 0 Å². The molecule has 0 saturated heterocycles. The molecular weight excluding hydrogens is 346 g/mol. The van der Waals surface area contributed by atoms with Crippen LogP contribution < -0.4 is 4.72 Å². The lowest BCUT2D eigenvalue weighted by atomic mass is 10.1. The molecule has 1 aliphatic rings. The van der Waals surface area contributed by atoms with E-state index in [9.17, 15) is 8.42 Å². The summed E-state index contributed by atoms with van der Waals surface area (Å²) in [6.45, 7) is 4.68. The number of aromatic nitrogens is 2. The summed E-state index contributed by atoms with van der Waals surface area (Å²) < 4.78 is 30.3.